The molecule has 0 aliphatic carbocycles. The highest BCUT2D eigenvalue weighted by atomic mass is 35.5. The minimum Gasteiger partial charge on any atom is -0.290 e. The van der Waals surface area contributed by atoms with Crippen LogP contribution in [0.25, 0.3) is 0 Å². The van der Waals surface area contributed by atoms with E-state index in [2.05, 4.69) is 15.0 Å². The molecule has 0 spiro atoms. The fourth-order valence-electron chi connectivity index (χ4n) is 1.20. The fourth-order valence-corrected chi connectivity index (χ4v) is 1.70. The van der Waals surface area contributed by atoms with Crippen LogP contribution < -0.4 is 5.69 Å². The average Bonchev–Trinajstić information content (AvgIpc) is 2.28. The molecular weight excluding hydrogens is 261 g/mol. The molecular formula is C11H7Cl2N3O. The summed E-state index contributed by atoms with van der Waals surface area (Å²) < 4.78 is 0. The molecule has 0 saturated carbocycles. The fraction of sp³-hybridized carbons (Fsp3) is 0. The molecule has 0 aliphatic heterocycles. The number of aromatic nitrogens is 2. The van der Waals surface area contributed by atoms with Gasteiger partial charge in [-0.1, -0.05) is 29.3 Å². The van der Waals surface area contributed by atoms with Crippen LogP contribution >= 0.6 is 23.2 Å². The first kappa shape index (κ1) is 11.8. The lowest BCUT2D eigenvalue weighted by Gasteiger charge is -1.99. The van der Waals surface area contributed by atoms with Gasteiger partial charge in [-0.3, -0.25) is 4.98 Å². The van der Waals surface area contributed by atoms with Crippen molar-refractivity contribution < 1.29 is 0 Å². The molecule has 1 N–H and O–H groups in total. The van der Waals surface area contributed by atoms with Gasteiger partial charge in [0.2, 0.25) is 0 Å². The summed E-state index contributed by atoms with van der Waals surface area (Å²) in [6.45, 7) is 0. The topological polar surface area (TPSA) is 58.1 Å². The quantitative estimate of drug-likeness (QED) is 0.851. The van der Waals surface area contributed by atoms with Crippen LogP contribution in [0.1, 0.15) is 5.56 Å². The van der Waals surface area contributed by atoms with Gasteiger partial charge < -0.3 is 0 Å². The van der Waals surface area contributed by atoms with Crippen molar-refractivity contribution in [1.82, 2.24) is 9.97 Å². The molecule has 6 heteroatoms. The summed E-state index contributed by atoms with van der Waals surface area (Å²) in [4.78, 5) is 21.0. The van der Waals surface area contributed by atoms with Gasteiger partial charge in [-0.05, 0) is 18.2 Å². The van der Waals surface area contributed by atoms with E-state index >= 15 is 0 Å². The van der Waals surface area contributed by atoms with Gasteiger partial charge in [0.1, 0.15) is 5.82 Å². The molecule has 1 aromatic carbocycles. The molecule has 0 aliphatic rings. The maximum Gasteiger partial charge on any atom is 0.346 e. The van der Waals surface area contributed by atoms with Crippen LogP contribution in [-0.4, -0.2) is 16.2 Å². The van der Waals surface area contributed by atoms with E-state index < -0.39 is 5.69 Å². The summed E-state index contributed by atoms with van der Waals surface area (Å²) in [7, 11) is 0. The summed E-state index contributed by atoms with van der Waals surface area (Å²) >= 11 is 11.9. The number of nitrogens with zero attached hydrogens (tertiary/aromatic N) is 2. The van der Waals surface area contributed by atoms with Crippen molar-refractivity contribution >= 4 is 35.2 Å². The van der Waals surface area contributed by atoms with Crippen molar-refractivity contribution in [2.45, 2.75) is 0 Å². The molecule has 1 heterocycles. The second-order valence-electron chi connectivity index (χ2n) is 3.15. The zero-order valence-corrected chi connectivity index (χ0v) is 10.0. The van der Waals surface area contributed by atoms with E-state index in [1.54, 1.807) is 24.3 Å². The smallest absolute Gasteiger partial charge is 0.290 e. The van der Waals surface area contributed by atoms with E-state index in [4.69, 9.17) is 23.2 Å². The molecule has 2 aromatic rings. The number of aromatic amines is 1. The number of nitrogens with one attached hydrogen (secondary N) is 1. The van der Waals surface area contributed by atoms with Gasteiger partial charge in [0, 0.05) is 18.0 Å². The molecule has 1 aromatic heterocycles. The number of hydrogen-bond acceptors (Lipinski definition) is 3. The van der Waals surface area contributed by atoms with E-state index in [9.17, 15) is 4.79 Å². The highest BCUT2D eigenvalue weighted by molar-refractivity contribution is 6.38. The zero-order valence-electron chi connectivity index (χ0n) is 8.52. The molecule has 86 valence electrons. The van der Waals surface area contributed by atoms with Crippen molar-refractivity contribution in [3.63, 3.8) is 0 Å². The number of rotatable bonds is 2. The third-order valence-electron chi connectivity index (χ3n) is 1.99. The predicted molar refractivity (Wildman–Crippen MR) is 68.6 cm³/mol. The van der Waals surface area contributed by atoms with E-state index in [0.717, 1.165) is 0 Å². The Morgan fingerprint density at radius 1 is 1.24 bits per heavy atom. The number of aliphatic imine (C=N–C) groups is 1. The second-order valence-corrected chi connectivity index (χ2v) is 3.97. The molecule has 4 nitrogen and oxygen atoms in total. The minimum absolute atomic E-state index is 0.390. The van der Waals surface area contributed by atoms with Crippen LogP contribution in [0.15, 0.2) is 40.2 Å². The van der Waals surface area contributed by atoms with Gasteiger partial charge in [-0.2, -0.15) is 0 Å². The highest BCUT2D eigenvalue weighted by Crippen LogP contribution is 2.22. The Kier molecular flexibility index (Phi) is 3.56. The maximum absolute atomic E-state index is 10.9. The first-order chi connectivity index (χ1) is 8.16. The first-order valence-corrected chi connectivity index (χ1v) is 5.46. The Labute approximate surface area is 107 Å². The lowest BCUT2D eigenvalue weighted by atomic mass is 10.2. The Morgan fingerprint density at radius 3 is 2.59 bits per heavy atom. The zero-order chi connectivity index (χ0) is 12.3. The standard InChI is InChI=1S/C11H7Cl2N3O/c12-8-2-1-3-9(13)7(8)6-15-10-4-5-14-11(17)16-10/h1-6H,(H,14,16,17)/b15-6+. The van der Waals surface area contributed by atoms with Crippen LogP contribution in [0.5, 0.6) is 0 Å². The molecule has 0 amide bonds. The highest BCUT2D eigenvalue weighted by Gasteiger charge is 2.01. The Balaban J connectivity index is 2.35. The summed E-state index contributed by atoms with van der Waals surface area (Å²) in [6, 6.07) is 6.74. The van der Waals surface area contributed by atoms with Crippen molar-refractivity contribution in [1.29, 1.82) is 0 Å². The Hall–Kier alpha value is -1.65. The average molecular weight is 268 g/mol. The van der Waals surface area contributed by atoms with E-state index in [0.29, 0.717) is 21.4 Å². The summed E-state index contributed by atoms with van der Waals surface area (Å²) in [6.07, 6.45) is 2.87. The summed E-state index contributed by atoms with van der Waals surface area (Å²) in [5, 5.41) is 0.996. The molecule has 17 heavy (non-hydrogen) atoms. The normalized spacial score (nSPS) is 10.9. The van der Waals surface area contributed by atoms with Gasteiger partial charge in [0.05, 0.1) is 10.0 Å². The van der Waals surface area contributed by atoms with E-state index in [-0.39, 0.29) is 0 Å². The van der Waals surface area contributed by atoms with Crippen LogP contribution in [0.2, 0.25) is 10.0 Å². The van der Waals surface area contributed by atoms with Crippen LogP contribution in [0.4, 0.5) is 5.82 Å². The molecule has 0 unspecified atom stereocenters. The Bertz CT molecular complexity index is 602. The van der Waals surface area contributed by atoms with Crippen molar-refractivity contribution in [2.75, 3.05) is 0 Å². The summed E-state index contributed by atoms with van der Waals surface area (Å²) in [5.41, 5.74) is 0.151. The van der Waals surface area contributed by atoms with Gasteiger partial charge in [0.25, 0.3) is 0 Å². The number of halogens is 2. The number of hydrogen-bond donors (Lipinski definition) is 1. The van der Waals surface area contributed by atoms with Crippen LogP contribution in [0, 0.1) is 0 Å². The number of H-pyrrole nitrogens is 1. The van der Waals surface area contributed by atoms with Gasteiger partial charge in [-0.15, -0.1) is 0 Å². The van der Waals surface area contributed by atoms with Gasteiger partial charge in [-0.25, -0.2) is 14.8 Å². The van der Waals surface area contributed by atoms with Crippen molar-refractivity contribution in [2.24, 2.45) is 4.99 Å². The summed E-state index contributed by atoms with van der Waals surface area (Å²) in [5.74, 6) is 0.390. The lowest BCUT2D eigenvalue weighted by Crippen LogP contribution is -2.07. The van der Waals surface area contributed by atoms with Crippen molar-refractivity contribution in [3.05, 3.63) is 56.6 Å². The van der Waals surface area contributed by atoms with Crippen molar-refractivity contribution in [3.8, 4) is 0 Å². The molecule has 0 bridgehead atoms. The minimum atomic E-state index is -0.454. The van der Waals surface area contributed by atoms with E-state index in [1.807, 2.05) is 0 Å². The van der Waals surface area contributed by atoms with Gasteiger partial charge in [0.15, 0.2) is 0 Å². The molecule has 2 rings (SSSR count). The van der Waals surface area contributed by atoms with E-state index in [1.165, 1.54) is 12.4 Å². The molecule has 0 saturated heterocycles. The molecule has 0 atom stereocenters. The van der Waals surface area contributed by atoms with Gasteiger partial charge >= 0.3 is 5.69 Å². The maximum atomic E-state index is 10.9. The predicted octanol–water partition coefficient (Wildman–Crippen LogP) is 2.83. The lowest BCUT2D eigenvalue weighted by molar-refractivity contribution is 1.07. The third-order valence-corrected chi connectivity index (χ3v) is 2.65. The number of benzene rings is 1. The third kappa shape index (κ3) is 2.93. The monoisotopic (exact) mass is 267 g/mol. The second kappa shape index (κ2) is 5.12. The first-order valence-electron chi connectivity index (χ1n) is 4.70. The molecule has 0 radical (unpaired) electrons. The Morgan fingerprint density at radius 2 is 1.94 bits per heavy atom. The molecule has 0 fully saturated rings. The SMILES string of the molecule is O=c1nccc(/N=C/c2c(Cl)cccc2Cl)[nH]1. The largest absolute Gasteiger partial charge is 0.346 e. The van der Waals surface area contributed by atoms with Crippen LogP contribution in [-0.2, 0) is 0 Å². The van der Waals surface area contributed by atoms with Crippen LogP contribution in [0.3, 0.4) is 0 Å².